The second-order valence-corrected chi connectivity index (χ2v) is 6.08. The first-order valence-electron chi connectivity index (χ1n) is 4.79. The minimum Gasteiger partial charge on any atom is -0.493 e. The smallest absolute Gasteiger partial charge is 0.160 e. The third kappa shape index (κ3) is 3.87. The average molecular weight is 350 g/mol. The highest BCUT2D eigenvalue weighted by Gasteiger charge is 2.11. The van der Waals surface area contributed by atoms with Gasteiger partial charge < -0.3 is 4.74 Å². The molecule has 16 heavy (non-hydrogen) atoms. The SMILES string of the molecule is COc1c(Br)cc(Br)cc1N=NC(C)(C)C. The van der Waals surface area contributed by atoms with Crippen LogP contribution in [0.2, 0.25) is 0 Å². The van der Waals surface area contributed by atoms with Gasteiger partial charge in [0.15, 0.2) is 5.75 Å². The van der Waals surface area contributed by atoms with Crippen molar-refractivity contribution in [2.45, 2.75) is 26.3 Å². The Morgan fingerprint density at radius 3 is 2.31 bits per heavy atom. The Balaban J connectivity index is 3.17. The van der Waals surface area contributed by atoms with Crippen LogP contribution < -0.4 is 4.74 Å². The number of benzene rings is 1. The lowest BCUT2D eigenvalue weighted by Crippen LogP contribution is -2.07. The van der Waals surface area contributed by atoms with Gasteiger partial charge in [0.2, 0.25) is 0 Å². The molecular formula is C11H14Br2N2O. The molecule has 88 valence electrons. The predicted molar refractivity (Wildman–Crippen MR) is 72.7 cm³/mol. The molecule has 0 N–H and O–H groups in total. The molecule has 0 amide bonds. The van der Waals surface area contributed by atoms with Crippen LogP contribution in [0.1, 0.15) is 20.8 Å². The first kappa shape index (κ1) is 13.6. The predicted octanol–water partition coefficient (Wildman–Crippen LogP) is 5.10. The summed E-state index contributed by atoms with van der Waals surface area (Å²) >= 11 is 6.83. The summed E-state index contributed by atoms with van der Waals surface area (Å²) in [5.41, 5.74) is 0.512. The largest absolute Gasteiger partial charge is 0.493 e. The molecule has 1 aromatic rings. The van der Waals surface area contributed by atoms with Crippen molar-refractivity contribution < 1.29 is 4.74 Å². The first-order chi connectivity index (χ1) is 7.33. The zero-order valence-corrected chi connectivity index (χ0v) is 12.9. The summed E-state index contributed by atoms with van der Waals surface area (Å²) in [4.78, 5) is 0. The lowest BCUT2D eigenvalue weighted by Gasteiger charge is -2.11. The molecule has 0 aromatic heterocycles. The van der Waals surface area contributed by atoms with E-state index in [-0.39, 0.29) is 5.54 Å². The van der Waals surface area contributed by atoms with Gasteiger partial charge in [-0.25, -0.2) is 0 Å². The van der Waals surface area contributed by atoms with Gasteiger partial charge in [-0.2, -0.15) is 10.2 Å². The van der Waals surface area contributed by atoms with E-state index in [0.29, 0.717) is 11.4 Å². The van der Waals surface area contributed by atoms with E-state index >= 15 is 0 Å². The number of rotatable bonds is 2. The van der Waals surface area contributed by atoms with Crippen molar-refractivity contribution in [3.8, 4) is 5.75 Å². The van der Waals surface area contributed by atoms with Crippen molar-refractivity contribution >= 4 is 37.5 Å². The summed E-state index contributed by atoms with van der Waals surface area (Å²) in [6.45, 7) is 5.99. The first-order valence-corrected chi connectivity index (χ1v) is 6.38. The van der Waals surface area contributed by atoms with Crippen molar-refractivity contribution in [3.05, 3.63) is 21.1 Å². The van der Waals surface area contributed by atoms with Gasteiger partial charge >= 0.3 is 0 Å². The molecule has 0 aliphatic rings. The van der Waals surface area contributed by atoms with Crippen LogP contribution in [0.3, 0.4) is 0 Å². The molecule has 1 aromatic carbocycles. The fourth-order valence-electron chi connectivity index (χ4n) is 1.03. The van der Waals surface area contributed by atoms with E-state index in [9.17, 15) is 0 Å². The third-order valence-corrected chi connectivity index (χ3v) is 2.70. The molecule has 1 rings (SSSR count). The number of hydrogen-bond donors (Lipinski definition) is 0. The van der Waals surface area contributed by atoms with E-state index in [1.807, 2.05) is 32.9 Å². The van der Waals surface area contributed by atoms with E-state index in [4.69, 9.17) is 4.74 Å². The summed E-state index contributed by atoms with van der Waals surface area (Å²) in [7, 11) is 1.62. The van der Waals surface area contributed by atoms with Gasteiger partial charge in [0, 0.05) is 4.47 Å². The van der Waals surface area contributed by atoms with Gasteiger partial charge in [0.25, 0.3) is 0 Å². The topological polar surface area (TPSA) is 34.0 Å². The van der Waals surface area contributed by atoms with E-state index < -0.39 is 0 Å². The Kier molecular flexibility index (Phi) is 4.50. The van der Waals surface area contributed by atoms with Crippen LogP contribution in [0.5, 0.6) is 5.75 Å². The molecule has 3 nitrogen and oxygen atoms in total. The molecule has 0 aliphatic carbocycles. The third-order valence-electron chi connectivity index (χ3n) is 1.65. The molecule has 0 fully saturated rings. The fraction of sp³-hybridized carbons (Fsp3) is 0.455. The molecule has 0 heterocycles. The minimum atomic E-state index is -0.195. The zero-order chi connectivity index (χ0) is 12.3. The number of azo groups is 1. The highest BCUT2D eigenvalue weighted by molar-refractivity contribution is 9.11. The van der Waals surface area contributed by atoms with Gasteiger partial charge in [-0.3, -0.25) is 0 Å². The van der Waals surface area contributed by atoms with Crippen LogP contribution in [-0.2, 0) is 0 Å². The van der Waals surface area contributed by atoms with Crippen LogP contribution >= 0.6 is 31.9 Å². The maximum absolute atomic E-state index is 5.27. The monoisotopic (exact) mass is 348 g/mol. The van der Waals surface area contributed by atoms with Crippen LogP contribution in [0.4, 0.5) is 5.69 Å². The Labute approximate surface area is 113 Å². The quantitative estimate of drug-likeness (QED) is 0.683. The molecule has 0 unspecified atom stereocenters. The number of halogens is 2. The number of methoxy groups -OCH3 is 1. The summed E-state index contributed by atoms with van der Waals surface area (Å²) in [6.07, 6.45) is 0. The second kappa shape index (κ2) is 5.27. The maximum atomic E-state index is 5.27. The standard InChI is InChI=1S/C11H14Br2N2O/c1-11(2,3)15-14-9-6-7(12)5-8(13)10(9)16-4/h5-6H,1-4H3. The van der Waals surface area contributed by atoms with Crippen molar-refractivity contribution in [2.24, 2.45) is 10.2 Å². The molecule has 0 atom stereocenters. The lowest BCUT2D eigenvalue weighted by atomic mass is 10.1. The van der Waals surface area contributed by atoms with Crippen LogP contribution in [0, 0.1) is 0 Å². The van der Waals surface area contributed by atoms with Crippen molar-refractivity contribution in [2.75, 3.05) is 7.11 Å². The molecule has 0 spiro atoms. The number of nitrogens with zero attached hydrogens (tertiary/aromatic N) is 2. The second-order valence-electron chi connectivity index (χ2n) is 4.31. The molecule has 0 bridgehead atoms. The Bertz CT molecular complexity index is 411. The maximum Gasteiger partial charge on any atom is 0.160 e. The molecule has 0 saturated heterocycles. The lowest BCUT2D eigenvalue weighted by molar-refractivity contribution is 0.412. The van der Waals surface area contributed by atoms with Gasteiger partial charge in [-0.15, -0.1) is 0 Å². The molecule has 0 radical (unpaired) electrons. The van der Waals surface area contributed by atoms with Gasteiger partial charge in [-0.05, 0) is 48.8 Å². The van der Waals surface area contributed by atoms with Gasteiger partial charge in [0.05, 0.1) is 17.1 Å². The number of ether oxygens (including phenoxy) is 1. The Morgan fingerprint density at radius 2 is 1.81 bits per heavy atom. The van der Waals surface area contributed by atoms with E-state index in [0.717, 1.165) is 8.95 Å². The highest BCUT2D eigenvalue weighted by atomic mass is 79.9. The van der Waals surface area contributed by atoms with Crippen molar-refractivity contribution in [3.63, 3.8) is 0 Å². The van der Waals surface area contributed by atoms with Gasteiger partial charge in [0.1, 0.15) is 5.69 Å². The summed E-state index contributed by atoms with van der Waals surface area (Å²) in [6, 6.07) is 3.79. The van der Waals surface area contributed by atoms with Gasteiger partial charge in [-0.1, -0.05) is 15.9 Å². The minimum absolute atomic E-state index is 0.195. The van der Waals surface area contributed by atoms with Crippen molar-refractivity contribution in [1.29, 1.82) is 0 Å². The molecule has 0 saturated carbocycles. The Hall–Kier alpha value is -0.420. The molecular weight excluding hydrogens is 336 g/mol. The fourth-order valence-corrected chi connectivity index (χ4v) is 2.39. The van der Waals surface area contributed by atoms with E-state index in [1.165, 1.54) is 0 Å². The summed E-state index contributed by atoms with van der Waals surface area (Å²) in [5, 5.41) is 8.43. The summed E-state index contributed by atoms with van der Waals surface area (Å²) < 4.78 is 7.06. The van der Waals surface area contributed by atoms with E-state index in [2.05, 4.69) is 42.1 Å². The zero-order valence-electron chi connectivity index (χ0n) is 9.71. The molecule has 5 heteroatoms. The highest BCUT2D eigenvalue weighted by Crippen LogP contribution is 2.38. The van der Waals surface area contributed by atoms with Crippen LogP contribution in [-0.4, -0.2) is 12.6 Å². The normalized spacial score (nSPS) is 12.1. The summed E-state index contributed by atoms with van der Waals surface area (Å²) in [5.74, 6) is 0.691. The Morgan fingerprint density at radius 1 is 1.19 bits per heavy atom. The van der Waals surface area contributed by atoms with Crippen molar-refractivity contribution in [1.82, 2.24) is 0 Å². The van der Waals surface area contributed by atoms with Crippen LogP contribution in [0.25, 0.3) is 0 Å². The number of hydrogen-bond acceptors (Lipinski definition) is 3. The molecule has 0 aliphatic heterocycles. The van der Waals surface area contributed by atoms with E-state index in [1.54, 1.807) is 7.11 Å². The van der Waals surface area contributed by atoms with Crippen LogP contribution in [0.15, 0.2) is 31.3 Å². The average Bonchev–Trinajstić information content (AvgIpc) is 2.12.